The van der Waals surface area contributed by atoms with Crippen molar-refractivity contribution in [2.45, 2.75) is 19.3 Å². The zero-order valence-corrected chi connectivity index (χ0v) is 81.8. The number of fused-ring (bicyclic) bond motifs is 33. The lowest BCUT2D eigenvalue weighted by Gasteiger charge is -2.22. The quantitative estimate of drug-likeness (QED) is 0.137. The number of pyridine rings is 1. The largest absolute Gasteiger partial charge is 0.456 e. The van der Waals surface area contributed by atoms with Crippen molar-refractivity contribution in [2.75, 3.05) is 0 Å². The highest BCUT2D eigenvalue weighted by Gasteiger charge is 2.37. The topological polar surface area (TPSA) is 81.9 Å². The molecule has 0 radical (unpaired) electrons. The minimum Gasteiger partial charge on any atom is -0.456 e. The van der Waals surface area contributed by atoms with Crippen LogP contribution in [0.5, 0.6) is 0 Å². The second-order valence-electron chi connectivity index (χ2n) is 40.2. The second-order valence-corrected chi connectivity index (χ2v) is 40.2. The second kappa shape index (κ2) is 33.1. The van der Waals surface area contributed by atoms with Crippen molar-refractivity contribution in [1.82, 2.24) is 32.4 Å². The molecule has 10 heteroatoms. The van der Waals surface area contributed by atoms with Gasteiger partial charge in [0.15, 0.2) is 0 Å². The van der Waals surface area contributed by atoms with E-state index in [1.165, 1.54) is 153 Å². The number of hydrogen-bond acceptors (Lipinski definition) is 4. The molecule has 1 aliphatic rings. The number of para-hydroxylation sites is 8. The van der Waals surface area contributed by atoms with Gasteiger partial charge in [0.1, 0.15) is 33.5 Å². The molecule has 22 aromatic carbocycles. The van der Waals surface area contributed by atoms with Crippen LogP contribution in [0.15, 0.2) is 517 Å². The Hall–Kier alpha value is -19.8. The van der Waals surface area contributed by atoms with Crippen molar-refractivity contribution in [2.24, 2.45) is 0 Å². The molecule has 1 aliphatic carbocycles. The van der Waals surface area contributed by atoms with Crippen LogP contribution in [0.2, 0.25) is 0 Å². The SMILES string of the molecule is CC1(C)c2ccccc2-c2ccc(-n3c4ccccc4c4cc5c6ccc7oc8ccccc8c7c6n(-c6ccccc6)c5cc43)cc21.c1ccc(-c2cccc(-c3ccc(-n4c5ccccc5c5cc6c7ccc8oc9ccccc9c8c7n(-c7ccccc7)c6cc54)cc3)n2)cc1.c1ccc(-c2cccc(-n3c4ccccc4c4cc5c6ccc7oc8ccc(-c9ccccc9)cc8c7c6n(-c6ccccc6)c5cc43)c2)cc1. The molecule has 10 heterocycles. The molecule has 10 aromatic heterocycles. The van der Waals surface area contributed by atoms with Crippen molar-refractivity contribution in [3.05, 3.63) is 515 Å². The maximum Gasteiger partial charge on any atom is 0.137 e. The molecule has 0 spiro atoms. The number of furan rings is 3. The molecule has 0 N–H and O–H groups in total. The van der Waals surface area contributed by atoms with Crippen LogP contribution in [0.3, 0.4) is 0 Å². The number of aromatic nitrogens is 7. The molecule has 0 saturated heterocycles. The molecular weight excluding hydrogens is 1830 g/mol. The van der Waals surface area contributed by atoms with Crippen LogP contribution < -0.4 is 0 Å². The van der Waals surface area contributed by atoms with Crippen LogP contribution in [0, 0.1) is 0 Å². The zero-order chi connectivity index (χ0) is 98.7. The lowest BCUT2D eigenvalue weighted by Crippen LogP contribution is -2.15. The summed E-state index contributed by atoms with van der Waals surface area (Å²) in [6.45, 7) is 4.71. The molecule has 0 amide bonds. The van der Waals surface area contributed by atoms with E-state index in [1.807, 2.05) is 18.2 Å². The van der Waals surface area contributed by atoms with E-state index in [4.69, 9.17) is 18.2 Å². The van der Waals surface area contributed by atoms with Gasteiger partial charge in [-0.05, 0) is 245 Å². The fourth-order valence-electron chi connectivity index (χ4n) is 25.0. The van der Waals surface area contributed by atoms with Crippen molar-refractivity contribution >= 4 is 197 Å². The van der Waals surface area contributed by atoms with Crippen molar-refractivity contribution in [3.63, 3.8) is 0 Å². The molecule has 0 fully saturated rings. The van der Waals surface area contributed by atoms with Gasteiger partial charge in [-0.2, -0.15) is 0 Å². The van der Waals surface area contributed by atoms with Gasteiger partial charge in [-0.3, -0.25) is 0 Å². The summed E-state index contributed by atoms with van der Waals surface area (Å²) in [5, 5.41) is 21.6. The van der Waals surface area contributed by atoms with Gasteiger partial charge in [0.05, 0.1) is 93.7 Å². The van der Waals surface area contributed by atoms with E-state index in [1.54, 1.807) is 0 Å². The summed E-state index contributed by atoms with van der Waals surface area (Å²) in [5.41, 5.74) is 40.6. The third-order valence-electron chi connectivity index (χ3n) is 31.7. The minimum absolute atomic E-state index is 0.0769. The molecule has 150 heavy (non-hydrogen) atoms. The first-order valence-corrected chi connectivity index (χ1v) is 51.4. The predicted octanol–water partition coefficient (Wildman–Crippen LogP) is 37.7. The van der Waals surface area contributed by atoms with E-state index < -0.39 is 0 Å². The minimum atomic E-state index is -0.0769. The van der Waals surface area contributed by atoms with Gasteiger partial charge in [0, 0.05) is 131 Å². The van der Waals surface area contributed by atoms with Gasteiger partial charge >= 0.3 is 0 Å². The highest BCUT2D eigenvalue weighted by Crippen LogP contribution is 2.54. The summed E-state index contributed by atoms with van der Waals surface area (Å²) in [5.74, 6) is 0. The third kappa shape index (κ3) is 12.9. The van der Waals surface area contributed by atoms with E-state index >= 15 is 0 Å². The zero-order valence-electron chi connectivity index (χ0n) is 81.8. The normalized spacial score (nSPS) is 12.5. The molecule has 0 aliphatic heterocycles. The van der Waals surface area contributed by atoms with Crippen LogP contribution in [-0.2, 0) is 5.41 Å². The standard InChI is InChI=1S/C48H30N2O.C47H29N3O.C45H30N2O/c1-4-13-31(14-5-1)33-17-12-20-36(27-33)49-42-22-11-10-21-37(42)39-29-40-38-24-26-46-47(41-28-34(23-25-45(41)51-46)32-15-6-2-7-16-32)48(38)50(44(40)30-43(39)49)35-18-8-3-9-19-35;1-3-12-30(13-4-1)39-18-11-19-40(48-39)31-22-24-33(25-23-31)49-41-20-9-7-16-34(41)37-28-38-35-26-27-45-46(36-17-8-10-21-44(36)51-45)47(35)50(43(38)29-42(37)49)32-14-5-2-6-15-32;1-45(2)36-17-9-6-14-29(36)30-21-20-28(24-37(30)45)46-38-18-10-7-15-31(38)34-25-35-32-22-23-42-43(33-16-8-11-19-41(33)48-42)44(32)47(40(35)26-39(34)46)27-12-4-3-5-13-27/h1-30H;1-29H;3-26H,1-2H3. The summed E-state index contributed by atoms with van der Waals surface area (Å²) in [6, 6.07) is 181. The molecule has 32 aromatic rings. The van der Waals surface area contributed by atoms with Crippen LogP contribution in [0.25, 0.3) is 287 Å². The van der Waals surface area contributed by atoms with Crippen molar-refractivity contribution < 1.29 is 13.3 Å². The third-order valence-corrected chi connectivity index (χ3v) is 31.7. The Morgan fingerprint density at radius 2 is 0.473 bits per heavy atom. The maximum absolute atomic E-state index is 6.57. The Labute approximate surface area is 860 Å². The Morgan fingerprint density at radius 3 is 0.940 bits per heavy atom. The lowest BCUT2D eigenvalue weighted by molar-refractivity contribution is 0.660. The van der Waals surface area contributed by atoms with Gasteiger partial charge in [0.25, 0.3) is 0 Å². The summed E-state index contributed by atoms with van der Waals surface area (Å²) in [7, 11) is 0. The van der Waals surface area contributed by atoms with Gasteiger partial charge in [0.2, 0.25) is 0 Å². The molecule has 10 nitrogen and oxygen atoms in total. The summed E-state index contributed by atoms with van der Waals surface area (Å²) < 4.78 is 34.0. The molecule has 33 rings (SSSR count). The number of hydrogen-bond donors (Lipinski definition) is 0. The van der Waals surface area contributed by atoms with Gasteiger partial charge in [-0.15, -0.1) is 0 Å². The predicted molar refractivity (Wildman–Crippen MR) is 624 cm³/mol. The maximum atomic E-state index is 6.57. The van der Waals surface area contributed by atoms with Gasteiger partial charge in [-0.25, -0.2) is 4.98 Å². The Balaban J connectivity index is 0.000000101. The van der Waals surface area contributed by atoms with Gasteiger partial charge < -0.3 is 40.7 Å². The van der Waals surface area contributed by atoms with Crippen LogP contribution in [0.4, 0.5) is 0 Å². The molecule has 0 saturated carbocycles. The lowest BCUT2D eigenvalue weighted by atomic mass is 9.82. The van der Waals surface area contributed by atoms with E-state index in [-0.39, 0.29) is 5.41 Å². The van der Waals surface area contributed by atoms with E-state index in [2.05, 4.69) is 527 Å². The fourth-order valence-corrected chi connectivity index (χ4v) is 25.0. The number of nitrogens with zero attached hydrogens (tertiary/aromatic N) is 7. The Kier molecular flexibility index (Phi) is 18.7. The highest BCUT2D eigenvalue weighted by atomic mass is 16.3. The van der Waals surface area contributed by atoms with Crippen molar-refractivity contribution in [1.29, 1.82) is 0 Å². The average molecular weight is 1920 g/mol. The first-order chi connectivity index (χ1) is 74.2. The summed E-state index contributed by atoms with van der Waals surface area (Å²) in [4.78, 5) is 5.02. The monoisotopic (exact) mass is 1920 g/mol. The van der Waals surface area contributed by atoms with Crippen LogP contribution >= 0.6 is 0 Å². The van der Waals surface area contributed by atoms with E-state index in [9.17, 15) is 0 Å². The smallest absolute Gasteiger partial charge is 0.137 e. The van der Waals surface area contributed by atoms with Gasteiger partial charge in [-0.1, -0.05) is 317 Å². The first-order valence-electron chi connectivity index (χ1n) is 51.4. The molecule has 0 bridgehead atoms. The Bertz CT molecular complexity index is 11200. The molecule has 702 valence electrons. The molecular formula is C140H89N7O3. The fraction of sp³-hybridized carbons (Fsp3) is 0.0214. The van der Waals surface area contributed by atoms with Crippen LogP contribution in [0.1, 0.15) is 25.0 Å². The van der Waals surface area contributed by atoms with Crippen molar-refractivity contribution in [3.8, 4) is 90.0 Å². The van der Waals surface area contributed by atoms with Crippen LogP contribution in [-0.4, -0.2) is 32.4 Å². The summed E-state index contributed by atoms with van der Waals surface area (Å²) in [6.07, 6.45) is 0. The number of benzene rings is 22. The van der Waals surface area contributed by atoms with E-state index in [0.717, 1.165) is 144 Å². The molecule has 0 unspecified atom stereocenters. The summed E-state index contributed by atoms with van der Waals surface area (Å²) >= 11 is 0. The average Bonchev–Trinajstić information content (AvgIpc) is 1.54. The Morgan fingerprint density at radius 1 is 0.167 bits per heavy atom. The van der Waals surface area contributed by atoms with E-state index in [0.29, 0.717) is 0 Å². The highest BCUT2D eigenvalue weighted by molar-refractivity contribution is 6.31. The first kappa shape index (κ1) is 84.7. The molecule has 0 atom stereocenters. The number of rotatable bonds is 10.